The van der Waals surface area contributed by atoms with Gasteiger partial charge in [-0.1, -0.05) is 12.1 Å². The molecule has 1 aliphatic heterocycles. The summed E-state index contributed by atoms with van der Waals surface area (Å²) in [4.78, 5) is 2.60. The minimum absolute atomic E-state index is 0.309. The molecule has 0 spiro atoms. The molecule has 1 aromatic rings. The molecule has 0 radical (unpaired) electrons. The maximum Gasteiger partial charge on any atom is 0.242 e. The van der Waals surface area contributed by atoms with E-state index in [2.05, 4.69) is 22.0 Å². The predicted octanol–water partition coefficient (Wildman–Crippen LogP) is 0.958. The predicted molar refractivity (Wildman–Crippen MR) is 76.8 cm³/mol. The Bertz CT molecular complexity index is 530. The van der Waals surface area contributed by atoms with Crippen molar-refractivity contribution < 1.29 is 8.42 Å². The maximum absolute atomic E-state index is 11.9. The van der Waals surface area contributed by atoms with Gasteiger partial charge in [-0.2, -0.15) is 0 Å². The fourth-order valence-electron chi connectivity index (χ4n) is 2.40. The molecular formula is C13H21N3O2S. The van der Waals surface area contributed by atoms with Gasteiger partial charge in [0.15, 0.2) is 0 Å². The van der Waals surface area contributed by atoms with Crippen molar-refractivity contribution in [1.82, 2.24) is 9.62 Å². The Morgan fingerprint density at radius 3 is 2.74 bits per heavy atom. The van der Waals surface area contributed by atoms with Gasteiger partial charge in [-0.05, 0) is 45.1 Å². The van der Waals surface area contributed by atoms with Crippen LogP contribution < -0.4 is 10.0 Å². The summed E-state index contributed by atoms with van der Waals surface area (Å²) >= 11 is 0. The lowest BCUT2D eigenvalue weighted by Crippen LogP contribution is -2.22. The van der Waals surface area contributed by atoms with E-state index in [1.54, 1.807) is 12.1 Å². The summed E-state index contributed by atoms with van der Waals surface area (Å²) in [6.07, 6.45) is 1.16. The highest BCUT2D eigenvalue weighted by atomic mass is 32.2. The molecule has 19 heavy (non-hydrogen) atoms. The summed E-state index contributed by atoms with van der Waals surface area (Å²) in [5.41, 5.74) is 0.673. The largest absolute Gasteiger partial charge is 0.384 e. The van der Waals surface area contributed by atoms with E-state index in [1.165, 1.54) is 7.05 Å². The van der Waals surface area contributed by atoms with Crippen LogP contribution in [0.1, 0.15) is 6.42 Å². The van der Waals surface area contributed by atoms with Gasteiger partial charge in [0.05, 0.1) is 5.69 Å². The molecule has 0 aromatic heterocycles. The molecule has 1 fully saturated rings. The number of hydrogen-bond donors (Lipinski definition) is 2. The molecule has 1 heterocycles. The summed E-state index contributed by atoms with van der Waals surface area (Å²) in [6.45, 7) is 2.98. The zero-order chi connectivity index (χ0) is 13.9. The Kier molecular flexibility index (Phi) is 4.44. The van der Waals surface area contributed by atoms with E-state index in [9.17, 15) is 8.42 Å². The number of sulfonamides is 1. The van der Waals surface area contributed by atoms with Crippen LogP contribution in [0.5, 0.6) is 0 Å². The second-order valence-corrected chi connectivity index (χ2v) is 6.86. The van der Waals surface area contributed by atoms with Crippen molar-refractivity contribution in [2.24, 2.45) is 5.92 Å². The first-order chi connectivity index (χ1) is 9.03. The fourth-order valence-corrected chi connectivity index (χ4v) is 3.31. The molecule has 106 valence electrons. The Morgan fingerprint density at radius 1 is 1.37 bits per heavy atom. The molecular weight excluding hydrogens is 262 g/mol. The molecule has 0 bridgehead atoms. The molecule has 1 unspecified atom stereocenters. The Labute approximate surface area is 115 Å². The lowest BCUT2D eigenvalue weighted by molar-refractivity contribution is 0.399. The number of benzene rings is 1. The topological polar surface area (TPSA) is 61.4 Å². The minimum Gasteiger partial charge on any atom is -0.384 e. The zero-order valence-electron chi connectivity index (χ0n) is 11.4. The third kappa shape index (κ3) is 3.46. The molecule has 1 aliphatic rings. The number of nitrogens with one attached hydrogen (secondary N) is 2. The number of hydrogen-bond acceptors (Lipinski definition) is 4. The molecule has 6 heteroatoms. The van der Waals surface area contributed by atoms with E-state index in [4.69, 9.17) is 0 Å². The van der Waals surface area contributed by atoms with Crippen molar-refractivity contribution in [2.75, 3.05) is 39.0 Å². The average Bonchev–Trinajstić information content (AvgIpc) is 2.82. The van der Waals surface area contributed by atoms with Gasteiger partial charge in [0.1, 0.15) is 4.90 Å². The minimum atomic E-state index is -3.41. The van der Waals surface area contributed by atoms with Gasteiger partial charge in [0.2, 0.25) is 10.0 Å². The number of nitrogens with zero attached hydrogens (tertiary/aromatic N) is 1. The summed E-state index contributed by atoms with van der Waals surface area (Å²) < 4.78 is 26.2. The number of likely N-dealkylation sites (tertiary alicyclic amines) is 1. The van der Waals surface area contributed by atoms with E-state index in [0.717, 1.165) is 26.1 Å². The molecule has 2 N–H and O–H groups in total. The summed E-state index contributed by atoms with van der Waals surface area (Å²) in [6, 6.07) is 7.01. The van der Waals surface area contributed by atoms with Gasteiger partial charge >= 0.3 is 0 Å². The lowest BCUT2D eigenvalue weighted by Gasteiger charge is -2.15. The van der Waals surface area contributed by atoms with E-state index in [-0.39, 0.29) is 0 Å². The first kappa shape index (κ1) is 14.3. The van der Waals surface area contributed by atoms with Crippen molar-refractivity contribution in [1.29, 1.82) is 0 Å². The molecule has 2 rings (SSSR count). The van der Waals surface area contributed by atoms with Gasteiger partial charge in [0, 0.05) is 13.1 Å². The smallest absolute Gasteiger partial charge is 0.242 e. The van der Waals surface area contributed by atoms with E-state index >= 15 is 0 Å². The van der Waals surface area contributed by atoms with Crippen molar-refractivity contribution in [3.8, 4) is 0 Å². The fraction of sp³-hybridized carbons (Fsp3) is 0.538. The SMILES string of the molecule is CNS(=O)(=O)c1ccccc1NCC1CCN(C)C1. The van der Waals surface area contributed by atoms with Crippen molar-refractivity contribution >= 4 is 15.7 Å². The van der Waals surface area contributed by atoms with Gasteiger partial charge in [0.25, 0.3) is 0 Å². The van der Waals surface area contributed by atoms with Crippen LogP contribution in [0.3, 0.4) is 0 Å². The highest BCUT2D eigenvalue weighted by molar-refractivity contribution is 7.89. The van der Waals surface area contributed by atoms with Crippen LogP contribution in [0.4, 0.5) is 5.69 Å². The molecule has 5 nitrogen and oxygen atoms in total. The number of rotatable bonds is 5. The second-order valence-electron chi connectivity index (χ2n) is 5.00. The molecule has 0 aliphatic carbocycles. The number of para-hydroxylation sites is 1. The first-order valence-electron chi connectivity index (χ1n) is 6.48. The maximum atomic E-state index is 11.9. The monoisotopic (exact) mass is 283 g/mol. The molecule has 0 amide bonds. The molecule has 1 atom stereocenters. The molecule has 0 saturated carbocycles. The summed E-state index contributed by atoms with van der Waals surface area (Å²) in [5, 5.41) is 3.27. The highest BCUT2D eigenvalue weighted by Crippen LogP contribution is 2.22. The first-order valence-corrected chi connectivity index (χ1v) is 7.96. The van der Waals surface area contributed by atoms with E-state index in [1.807, 2.05) is 12.1 Å². The summed E-state index contributed by atoms with van der Waals surface area (Å²) in [5.74, 6) is 0.579. The average molecular weight is 283 g/mol. The van der Waals surface area contributed by atoms with Crippen LogP contribution >= 0.6 is 0 Å². The normalized spacial score (nSPS) is 20.6. The standard InChI is InChI=1S/C13H21N3O2S/c1-14-19(17,18)13-6-4-3-5-12(13)15-9-11-7-8-16(2)10-11/h3-6,11,14-15H,7-10H2,1-2H3. The van der Waals surface area contributed by atoms with Gasteiger partial charge < -0.3 is 10.2 Å². The second kappa shape index (κ2) is 5.90. The van der Waals surface area contributed by atoms with Crippen LogP contribution in [0.25, 0.3) is 0 Å². The van der Waals surface area contributed by atoms with Crippen LogP contribution in [0.15, 0.2) is 29.2 Å². The highest BCUT2D eigenvalue weighted by Gasteiger charge is 2.21. The lowest BCUT2D eigenvalue weighted by atomic mass is 10.1. The molecule has 1 aromatic carbocycles. The summed E-state index contributed by atoms with van der Waals surface area (Å²) in [7, 11) is 0.131. The Hall–Kier alpha value is -1.11. The third-order valence-electron chi connectivity index (χ3n) is 3.52. The van der Waals surface area contributed by atoms with Crippen molar-refractivity contribution in [2.45, 2.75) is 11.3 Å². The van der Waals surface area contributed by atoms with Gasteiger partial charge in [-0.25, -0.2) is 13.1 Å². The quantitative estimate of drug-likeness (QED) is 0.845. The van der Waals surface area contributed by atoms with Crippen LogP contribution in [-0.2, 0) is 10.0 Å². The van der Waals surface area contributed by atoms with Crippen molar-refractivity contribution in [3.63, 3.8) is 0 Å². The number of anilines is 1. The van der Waals surface area contributed by atoms with E-state index in [0.29, 0.717) is 16.5 Å². The van der Waals surface area contributed by atoms with Crippen LogP contribution in [0.2, 0.25) is 0 Å². The van der Waals surface area contributed by atoms with E-state index < -0.39 is 10.0 Å². The third-order valence-corrected chi connectivity index (χ3v) is 4.99. The zero-order valence-corrected chi connectivity index (χ0v) is 12.2. The van der Waals surface area contributed by atoms with Gasteiger partial charge in [-0.15, -0.1) is 0 Å². The Balaban J connectivity index is 2.08. The van der Waals surface area contributed by atoms with Crippen LogP contribution in [-0.4, -0.2) is 47.0 Å². The van der Waals surface area contributed by atoms with Gasteiger partial charge in [-0.3, -0.25) is 0 Å². The van der Waals surface area contributed by atoms with Crippen molar-refractivity contribution in [3.05, 3.63) is 24.3 Å². The molecule has 1 saturated heterocycles. The van der Waals surface area contributed by atoms with Crippen LogP contribution in [0, 0.1) is 5.92 Å². The Morgan fingerprint density at radius 2 is 2.11 bits per heavy atom.